The molecule has 1 aliphatic heterocycles. The predicted molar refractivity (Wildman–Crippen MR) is 101 cm³/mol. The summed E-state index contributed by atoms with van der Waals surface area (Å²) < 4.78 is 25.8. The number of halogens is 1. The van der Waals surface area contributed by atoms with Crippen molar-refractivity contribution in [2.45, 2.75) is 43.7 Å². The Labute approximate surface area is 161 Å². The van der Waals surface area contributed by atoms with Crippen LogP contribution in [-0.2, 0) is 15.2 Å². The first kappa shape index (κ1) is 20.6. The van der Waals surface area contributed by atoms with Crippen LogP contribution in [0, 0.1) is 5.82 Å². The van der Waals surface area contributed by atoms with Gasteiger partial charge in [0.15, 0.2) is 14.5 Å². The fourth-order valence-corrected chi connectivity index (χ4v) is 5.13. The molecule has 1 aromatic heterocycles. The summed E-state index contributed by atoms with van der Waals surface area (Å²) in [6.07, 6.45) is -4.38. The summed E-state index contributed by atoms with van der Waals surface area (Å²) in [7, 11) is -2.14. The molecule has 8 nitrogen and oxygen atoms in total. The van der Waals surface area contributed by atoms with E-state index in [1.165, 1.54) is 0 Å². The molecule has 2 aromatic rings. The summed E-state index contributed by atoms with van der Waals surface area (Å²) in [5.74, 6) is -1.19. The fourth-order valence-electron chi connectivity index (χ4n) is 3.19. The Balaban J connectivity index is 1.68. The van der Waals surface area contributed by atoms with E-state index in [9.17, 15) is 24.2 Å². The minimum atomic E-state index is -2.14. The van der Waals surface area contributed by atoms with Crippen molar-refractivity contribution in [1.29, 1.82) is 0 Å². The van der Waals surface area contributed by atoms with E-state index >= 15 is 0 Å². The Morgan fingerprint density at radius 1 is 1.21 bits per heavy atom. The Bertz CT molecular complexity index is 932. The summed E-state index contributed by atoms with van der Waals surface area (Å²) in [6.45, 7) is 4.06. The topological polar surface area (TPSA) is 114 Å². The van der Waals surface area contributed by atoms with Crippen LogP contribution in [0.25, 0.3) is 0 Å². The van der Waals surface area contributed by atoms with E-state index in [4.69, 9.17) is 9.16 Å². The highest BCUT2D eigenvalue weighted by Crippen LogP contribution is 2.29. The molecule has 0 saturated carbocycles. The molecule has 3 N–H and O–H groups in total. The molecule has 0 radical (unpaired) electrons. The number of aliphatic hydroxyl groups excluding tert-OH is 2. The molecule has 0 bridgehead atoms. The van der Waals surface area contributed by atoms with Crippen molar-refractivity contribution < 1.29 is 23.8 Å². The van der Waals surface area contributed by atoms with Crippen LogP contribution in [0.15, 0.2) is 46.1 Å². The van der Waals surface area contributed by atoms with Gasteiger partial charge in [-0.1, -0.05) is 30.3 Å². The van der Waals surface area contributed by atoms with Crippen molar-refractivity contribution in [3.05, 3.63) is 68.7 Å². The predicted octanol–water partition coefficient (Wildman–Crippen LogP) is 0.298. The SMILES string of the molecule is C[Si](C)(Cc1ccccc1)OC[C@@H]1O[C@H](n2cc(F)c(=O)[nH]c2=O)C(O)C1O. The van der Waals surface area contributed by atoms with Crippen LogP contribution in [0.2, 0.25) is 13.1 Å². The van der Waals surface area contributed by atoms with E-state index in [0.29, 0.717) is 6.20 Å². The third-order valence-electron chi connectivity index (χ3n) is 4.65. The summed E-state index contributed by atoms with van der Waals surface area (Å²) in [5, 5.41) is 20.5. The van der Waals surface area contributed by atoms with Gasteiger partial charge in [-0.25, -0.2) is 4.79 Å². The molecule has 2 unspecified atom stereocenters. The third-order valence-corrected chi connectivity index (χ3v) is 6.85. The number of aromatic nitrogens is 2. The average molecular weight is 410 g/mol. The third kappa shape index (κ3) is 4.47. The number of H-pyrrole nitrogens is 1. The van der Waals surface area contributed by atoms with E-state index in [-0.39, 0.29) is 6.61 Å². The molecule has 1 aliphatic rings. The number of rotatable bonds is 6. The van der Waals surface area contributed by atoms with Gasteiger partial charge in [-0.15, -0.1) is 0 Å². The normalized spacial score (nSPS) is 25.2. The lowest BCUT2D eigenvalue weighted by atomic mass is 10.1. The molecule has 3 rings (SSSR count). The van der Waals surface area contributed by atoms with Crippen LogP contribution < -0.4 is 11.2 Å². The Hall–Kier alpha value is -2.11. The zero-order valence-corrected chi connectivity index (χ0v) is 16.5. The lowest BCUT2D eigenvalue weighted by Gasteiger charge is -2.26. The minimum Gasteiger partial charge on any atom is -0.414 e. The Kier molecular flexibility index (Phi) is 5.96. The number of nitrogens with one attached hydrogen (secondary N) is 1. The molecule has 1 saturated heterocycles. The first-order chi connectivity index (χ1) is 13.2. The quantitative estimate of drug-likeness (QED) is 0.590. The highest BCUT2D eigenvalue weighted by Gasteiger charge is 2.45. The van der Waals surface area contributed by atoms with Crippen molar-refractivity contribution >= 4 is 8.32 Å². The standard InChI is InChI=1S/C18H23FN2O6Si/c1-28(2,10-11-6-4-3-5-7-11)26-9-13-14(22)15(23)17(27-13)21-8-12(19)16(24)20-18(21)25/h3-8,13-15,17,22-23H,9-10H2,1-2H3,(H,20,24,25)/t13-,14?,15?,17-/m0/s1. The second-order valence-electron chi connectivity index (χ2n) is 7.42. The van der Waals surface area contributed by atoms with Crippen molar-refractivity contribution in [3.8, 4) is 0 Å². The molecule has 0 aliphatic carbocycles. The van der Waals surface area contributed by atoms with Gasteiger partial charge in [-0.3, -0.25) is 14.3 Å². The van der Waals surface area contributed by atoms with Gasteiger partial charge in [0.05, 0.1) is 12.8 Å². The van der Waals surface area contributed by atoms with Crippen molar-refractivity contribution in [3.63, 3.8) is 0 Å². The molecule has 152 valence electrons. The zero-order chi connectivity index (χ0) is 20.5. The molecular formula is C18H23FN2O6Si. The summed E-state index contributed by atoms with van der Waals surface area (Å²) in [4.78, 5) is 24.9. The van der Waals surface area contributed by atoms with E-state index < -0.39 is 49.9 Å². The van der Waals surface area contributed by atoms with Crippen LogP contribution in [0.3, 0.4) is 0 Å². The first-order valence-corrected chi connectivity index (χ1v) is 12.0. The molecule has 0 spiro atoms. The summed E-state index contributed by atoms with van der Waals surface area (Å²) in [5.41, 5.74) is -0.967. The van der Waals surface area contributed by atoms with E-state index in [1.54, 1.807) is 4.98 Å². The number of benzene rings is 1. The molecule has 4 atom stereocenters. The molecule has 0 amide bonds. The van der Waals surface area contributed by atoms with Gasteiger partial charge in [0.1, 0.15) is 18.3 Å². The van der Waals surface area contributed by atoms with Crippen molar-refractivity contribution in [1.82, 2.24) is 9.55 Å². The number of aromatic amines is 1. The van der Waals surface area contributed by atoms with Gasteiger partial charge >= 0.3 is 5.69 Å². The number of nitrogens with zero attached hydrogens (tertiary/aromatic N) is 1. The van der Waals surface area contributed by atoms with Crippen LogP contribution in [-0.4, -0.2) is 53.0 Å². The Morgan fingerprint density at radius 3 is 2.57 bits per heavy atom. The average Bonchev–Trinajstić information content (AvgIpc) is 2.92. The Morgan fingerprint density at radius 2 is 1.89 bits per heavy atom. The highest BCUT2D eigenvalue weighted by molar-refractivity contribution is 6.70. The monoisotopic (exact) mass is 410 g/mol. The van der Waals surface area contributed by atoms with Gasteiger partial charge in [0.2, 0.25) is 5.82 Å². The summed E-state index contributed by atoms with van der Waals surface area (Å²) >= 11 is 0. The van der Waals surface area contributed by atoms with Crippen LogP contribution in [0.4, 0.5) is 4.39 Å². The fraction of sp³-hybridized carbons (Fsp3) is 0.444. The van der Waals surface area contributed by atoms with Crippen LogP contribution in [0.5, 0.6) is 0 Å². The smallest absolute Gasteiger partial charge is 0.330 e. The van der Waals surface area contributed by atoms with Crippen LogP contribution in [0.1, 0.15) is 11.8 Å². The molecular weight excluding hydrogens is 387 g/mol. The maximum atomic E-state index is 13.5. The van der Waals surface area contributed by atoms with Gasteiger partial charge in [-0.2, -0.15) is 4.39 Å². The minimum absolute atomic E-state index is 0.0152. The van der Waals surface area contributed by atoms with Gasteiger partial charge in [0, 0.05) is 0 Å². The molecule has 1 aromatic carbocycles. The van der Waals surface area contributed by atoms with Crippen molar-refractivity contribution in [2.24, 2.45) is 0 Å². The zero-order valence-electron chi connectivity index (χ0n) is 15.5. The van der Waals surface area contributed by atoms with E-state index in [2.05, 4.69) is 0 Å². The van der Waals surface area contributed by atoms with E-state index in [0.717, 1.165) is 16.2 Å². The highest BCUT2D eigenvalue weighted by atomic mass is 28.4. The maximum absolute atomic E-state index is 13.5. The number of ether oxygens (including phenoxy) is 1. The first-order valence-electron chi connectivity index (χ1n) is 8.88. The van der Waals surface area contributed by atoms with Crippen molar-refractivity contribution in [2.75, 3.05) is 6.61 Å². The molecule has 28 heavy (non-hydrogen) atoms. The second kappa shape index (κ2) is 8.09. The number of aliphatic hydroxyl groups is 2. The summed E-state index contributed by atoms with van der Waals surface area (Å²) in [6, 6.07) is 10.6. The molecule has 10 heteroatoms. The lowest BCUT2D eigenvalue weighted by molar-refractivity contribution is -0.0531. The van der Waals surface area contributed by atoms with Gasteiger partial charge in [-0.05, 0) is 24.7 Å². The lowest BCUT2D eigenvalue weighted by Crippen LogP contribution is -2.40. The number of hydrogen-bond acceptors (Lipinski definition) is 6. The van der Waals surface area contributed by atoms with E-state index in [1.807, 2.05) is 43.4 Å². The van der Waals surface area contributed by atoms with Gasteiger partial charge in [0.25, 0.3) is 5.56 Å². The van der Waals surface area contributed by atoms with Crippen LogP contribution >= 0.6 is 0 Å². The largest absolute Gasteiger partial charge is 0.414 e. The molecule has 2 heterocycles. The second-order valence-corrected chi connectivity index (χ2v) is 11.6. The maximum Gasteiger partial charge on any atom is 0.330 e. The van der Waals surface area contributed by atoms with Gasteiger partial charge < -0.3 is 19.4 Å². The molecule has 1 fully saturated rings. The number of hydrogen-bond donors (Lipinski definition) is 3.